The second-order valence-electron chi connectivity index (χ2n) is 8.77. The Kier molecular flexibility index (Phi) is 8.41. The SMILES string of the molecule is C=CCOc1ccc(C2C(=C(O)c3ccc(OCCC)cc3)C(=O)C(=O)N2CCc2ccccc2)cc1. The van der Waals surface area contributed by atoms with Gasteiger partial charge in [0.15, 0.2) is 0 Å². The van der Waals surface area contributed by atoms with Crippen LogP contribution in [0.3, 0.4) is 0 Å². The minimum absolute atomic E-state index is 0.0695. The Bertz CT molecular complexity index is 1260. The van der Waals surface area contributed by atoms with E-state index >= 15 is 0 Å². The molecule has 1 aliphatic rings. The van der Waals surface area contributed by atoms with Crippen molar-refractivity contribution in [1.29, 1.82) is 0 Å². The maximum Gasteiger partial charge on any atom is 0.295 e. The van der Waals surface area contributed by atoms with Crippen LogP contribution in [0, 0.1) is 0 Å². The molecule has 0 aromatic heterocycles. The van der Waals surface area contributed by atoms with E-state index in [0.29, 0.717) is 48.8 Å². The lowest BCUT2D eigenvalue weighted by Crippen LogP contribution is -2.31. The Morgan fingerprint density at radius 2 is 1.59 bits per heavy atom. The van der Waals surface area contributed by atoms with E-state index in [1.54, 1.807) is 47.4 Å². The van der Waals surface area contributed by atoms with Crippen LogP contribution in [-0.2, 0) is 16.0 Å². The molecule has 0 saturated carbocycles. The van der Waals surface area contributed by atoms with Gasteiger partial charge in [0.25, 0.3) is 11.7 Å². The van der Waals surface area contributed by atoms with E-state index in [1.165, 1.54) is 0 Å². The van der Waals surface area contributed by atoms with E-state index in [2.05, 4.69) is 6.58 Å². The molecule has 6 nitrogen and oxygen atoms in total. The van der Waals surface area contributed by atoms with Crippen LogP contribution in [0.1, 0.15) is 36.1 Å². The first kappa shape index (κ1) is 25.8. The lowest BCUT2D eigenvalue weighted by Gasteiger charge is -2.25. The molecule has 0 aliphatic carbocycles. The van der Waals surface area contributed by atoms with E-state index in [0.717, 1.165) is 12.0 Å². The minimum Gasteiger partial charge on any atom is -0.507 e. The minimum atomic E-state index is -0.729. The third-order valence-corrected chi connectivity index (χ3v) is 6.19. The summed E-state index contributed by atoms with van der Waals surface area (Å²) in [6.07, 6.45) is 3.12. The van der Waals surface area contributed by atoms with Crippen molar-refractivity contribution < 1.29 is 24.2 Å². The average molecular weight is 498 g/mol. The van der Waals surface area contributed by atoms with Crippen molar-refractivity contribution in [2.24, 2.45) is 0 Å². The Morgan fingerprint density at radius 1 is 0.946 bits per heavy atom. The molecule has 0 radical (unpaired) electrons. The molecule has 1 amide bonds. The highest BCUT2D eigenvalue weighted by Gasteiger charge is 2.45. The Morgan fingerprint density at radius 3 is 2.24 bits per heavy atom. The van der Waals surface area contributed by atoms with Gasteiger partial charge in [-0.05, 0) is 60.4 Å². The first-order valence-electron chi connectivity index (χ1n) is 12.4. The van der Waals surface area contributed by atoms with Gasteiger partial charge in [0, 0.05) is 12.1 Å². The van der Waals surface area contributed by atoms with Crippen molar-refractivity contribution in [2.75, 3.05) is 19.8 Å². The zero-order valence-electron chi connectivity index (χ0n) is 20.9. The molecule has 3 aromatic carbocycles. The van der Waals surface area contributed by atoms with Crippen LogP contribution >= 0.6 is 0 Å². The van der Waals surface area contributed by atoms with Gasteiger partial charge in [0.05, 0.1) is 18.2 Å². The summed E-state index contributed by atoms with van der Waals surface area (Å²) >= 11 is 0. The topological polar surface area (TPSA) is 76.1 Å². The molecule has 1 atom stereocenters. The molecule has 6 heteroatoms. The molecule has 37 heavy (non-hydrogen) atoms. The zero-order chi connectivity index (χ0) is 26.2. The van der Waals surface area contributed by atoms with Gasteiger partial charge in [0.1, 0.15) is 23.9 Å². The predicted octanol–water partition coefficient (Wildman–Crippen LogP) is 5.70. The molecule has 1 N–H and O–H groups in total. The Hall–Kier alpha value is -4.32. The number of aliphatic hydroxyl groups is 1. The van der Waals surface area contributed by atoms with Gasteiger partial charge >= 0.3 is 0 Å². The third-order valence-electron chi connectivity index (χ3n) is 6.19. The Labute approximate surface area is 217 Å². The van der Waals surface area contributed by atoms with Crippen molar-refractivity contribution in [3.05, 3.63) is 114 Å². The molecule has 190 valence electrons. The fraction of sp³-hybridized carbons (Fsp3) is 0.226. The van der Waals surface area contributed by atoms with E-state index in [9.17, 15) is 14.7 Å². The number of ether oxygens (including phenoxy) is 2. The molecule has 1 unspecified atom stereocenters. The number of carbonyl (C=O) groups excluding carboxylic acids is 2. The number of carbonyl (C=O) groups is 2. The maximum absolute atomic E-state index is 13.3. The fourth-order valence-corrected chi connectivity index (χ4v) is 4.34. The molecule has 1 saturated heterocycles. The number of hydrogen-bond acceptors (Lipinski definition) is 5. The molecular weight excluding hydrogens is 466 g/mol. The van der Waals surface area contributed by atoms with Gasteiger partial charge in [-0.1, -0.05) is 62.0 Å². The lowest BCUT2D eigenvalue weighted by molar-refractivity contribution is -0.139. The number of likely N-dealkylation sites (tertiary alicyclic amines) is 1. The molecule has 1 heterocycles. The van der Waals surface area contributed by atoms with Gasteiger partial charge in [-0.25, -0.2) is 0 Å². The van der Waals surface area contributed by atoms with E-state index < -0.39 is 17.7 Å². The number of rotatable bonds is 11. The largest absolute Gasteiger partial charge is 0.507 e. The summed E-state index contributed by atoms with van der Waals surface area (Å²) in [6.45, 7) is 6.96. The van der Waals surface area contributed by atoms with Crippen molar-refractivity contribution in [3.8, 4) is 11.5 Å². The number of ketones is 1. The van der Waals surface area contributed by atoms with Gasteiger partial charge in [-0.3, -0.25) is 9.59 Å². The number of nitrogens with zero attached hydrogens (tertiary/aromatic N) is 1. The van der Waals surface area contributed by atoms with Crippen LogP contribution in [-0.4, -0.2) is 41.5 Å². The van der Waals surface area contributed by atoms with Gasteiger partial charge in [-0.15, -0.1) is 0 Å². The van der Waals surface area contributed by atoms with Gasteiger partial charge in [-0.2, -0.15) is 0 Å². The van der Waals surface area contributed by atoms with E-state index in [-0.39, 0.29) is 11.3 Å². The number of amides is 1. The van der Waals surface area contributed by atoms with Crippen LogP contribution in [0.15, 0.2) is 97.1 Å². The zero-order valence-corrected chi connectivity index (χ0v) is 20.9. The highest BCUT2D eigenvalue weighted by molar-refractivity contribution is 6.46. The first-order valence-corrected chi connectivity index (χ1v) is 12.4. The summed E-state index contributed by atoms with van der Waals surface area (Å²) in [7, 11) is 0. The maximum atomic E-state index is 13.3. The predicted molar refractivity (Wildman–Crippen MR) is 144 cm³/mol. The molecule has 4 rings (SSSR count). The molecule has 0 bridgehead atoms. The summed E-state index contributed by atoms with van der Waals surface area (Å²) in [5.41, 5.74) is 2.28. The van der Waals surface area contributed by atoms with Crippen LogP contribution < -0.4 is 9.47 Å². The summed E-state index contributed by atoms with van der Waals surface area (Å²) < 4.78 is 11.2. The van der Waals surface area contributed by atoms with Crippen LogP contribution in [0.2, 0.25) is 0 Å². The van der Waals surface area contributed by atoms with Crippen molar-refractivity contribution in [2.45, 2.75) is 25.8 Å². The summed E-state index contributed by atoms with van der Waals surface area (Å²) in [6, 6.07) is 23.2. The third kappa shape index (κ3) is 5.92. The average Bonchev–Trinajstić information content (AvgIpc) is 3.19. The van der Waals surface area contributed by atoms with Gasteiger partial charge < -0.3 is 19.5 Å². The first-order chi connectivity index (χ1) is 18.0. The highest BCUT2D eigenvalue weighted by atomic mass is 16.5. The number of hydrogen-bond donors (Lipinski definition) is 1. The number of Topliss-reactive ketones (excluding diaryl/α,β-unsaturated/α-hetero) is 1. The standard InChI is InChI=1S/C31H31NO5/c1-3-20-36-25-14-10-23(11-15-25)28-27(29(33)24-12-16-26(17-13-24)37-21-4-2)30(34)31(35)32(28)19-18-22-8-6-5-7-9-22/h3,5-17,28,33H,1,4,18-21H2,2H3. The van der Waals surface area contributed by atoms with Crippen LogP contribution in [0.25, 0.3) is 5.76 Å². The van der Waals surface area contributed by atoms with Crippen LogP contribution in [0.4, 0.5) is 0 Å². The lowest BCUT2D eigenvalue weighted by atomic mass is 9.95. The van der Waals surface area contributed by atoms with Crippen molar-refractivity contribution >= 4 is 17.4 Å². The summed E-state index contributed by atoms with van der Waals surface area (Å²) in [5, 5.41) is 11.3. The summed E-state index contributed by atoms with van der Waals surface area (Å²) in [4.78, 5) is 28.0. The molecule has 0 spiro atoms. The van der Waals surface area contributed by atoms with Gasteiger partial charge in [0.2, 0.25) is 0 Å². The summed E-state index contributed by atoms with van der Waals surface area (Å²) in [5.74, 6) is -0.216. The smallest absolute Gasteiger partial charge is 0.295 e. The molecular formula is C31H31NO5. The molecule has 3 aromatic rings. The van der Waals surface area contributed by atoms with Crippen LogP contribution in [0.5, 0.6) is 11.5 Å². The quantitative estimate of drug-likeness (QED) is 0.159. The Balaban J connectivity index is 1.71. The normalized spacial score (nSPS) is 16.6. The monoisotopic (exact) mass is 497 g/mol. The van der Waals surface area contributed by atoms with E-state index in [1.807, 2.05) is 49.4 Å². The second-order valence-corrected chi connectivity index (χ2v) is 8.77. The van der Waals surface area contributed by atoms with Crippen molar-refractivity contribution in [3.63, 3.8) is 0 Å². The molecule has 1 aliphatic heterocycles. The van der Waals surface area contributed by atoms with Crippen molar-refractivity contribution in [1.82, 2.24) is 4.90 Å². The number of aliphatic hydroxyl groups excluding tert-OH is 1. The molecule has 1 fully saturated rings. The number of benzene rings is 3. The second kappa shape index (κ2) is 12.1. The fourth-order valence-electron chi connectivity index (χ4n) is 4.34. The highest BCUT2D eigenvalue weighted by Crippen LogP contribution is 2.40. The van der Waals surface area contributed by atoms with E-state index in [4.69, 9.17) is 9.47 Å².